The topological polar surface area (TPSA) is 97.6 Å². The Hall–Kier alpha value is -4.13. The maximum absolute atomic E-state index is 12.3. The van der Waals surface area contributed by atoms with E-state index in [2.05, 4.69) is 10.6 Å². The van der Waals surface area contributed by atoms with E-state index in [9.17, 15) is 14.4 Å². The van der Waals surface area contributed by atoms with Gasteiger partial charge >= 0.3 is 5.97 Å². The van der Waals surface area contributed by atoms with E-state index in [4.69, 9.17) is 9.15 Å². The van der Waals surface area contributed by atoms with Gasteiger partial charge in [0.25, 0.3) is 5.91 Å². The molecule has 0 saturated heterocycles. The molecule has 4 aromatic rings. The van der Waals surface area contributed by atoms with Crippen LogP contribution in [0.5, 0.6) is 0 Å². The van der Waals surface area contributed by atoms with E-state index in [1.807, 2.05) is 36.4 Å². The smallest absolute Gasteiger partial charge is 0.310 e. The fraction of sp³-hybridized carbons (Fsp3) is 0.125. The van der Waals surface area contributed by atoms with Gasteiger partial charge in [-0.1, -0.05) is 30.3 Å². The third kappa shape index (κ3) is 4.72. The number of carbonyl (C=O) groups excluding carboxylic acids is 3. The number of ether oxygens (including phenoxy) is 1. The van der Waals surface area contributed by atoms with Gasteiger partial charge in [0.05, 0.1) is 12.7 Å². The van der Waals surface area contributed by atoms with Gasteiger partial charge in [-0.3, -0.25) is 14.4 Å². The normalized spacial score (nSPS) is 10.7. The molecule has 0 atom stereocenters. The van der Waals surface area contributed by atoms with E-state index in [1.54, 1.807) is 30.5 Å². The number of rotatable bonds is 6. The van der Waals surface area contributed by atoms with Gasteiger partial charge in [0.2, 0.25) is 5.91 Å². The fourth-order valence-corrected chi connectivity index (χ4v) is 3.39. The Morgan fingerprint density at radius 1 is 0.903 bits per heavy atom. The molecule has 0 spiro atoms. The van der Waals surface area contributed by atoms with Gasteiger partial charge < -0.3 is 19.8 Å². The maximum atomic E-state index is 12.3. The second-order valence-electron chi connectivity index (χ2n) is 7.06. The highest BCUT2D eigenvalue weighted by Gasteiger charge is 2.15. The van der Waals surface area contributed by atoms with Crippen LogP contribution in [0, 0.1) is 0 Å². The lowest BCUT2D eigenvalue weighted by atomic mass is 10.0. The van der Waals surface area contributed by atoms with Crippen LogP contribution in [-0.2, 0) is 25.5 Å². The average molecular weight is 416 g/mol. The summed E-state index contributed by atoms with van der Waals surface area (Å²) < 4.78 is 10.7. The van der Waals surface area contributed by atoms with Crippen LogP contribution in [0.25, 0.3) is 21.7 Å². The van der Waals surface area contributed by atoms with Gasteiger partial charge in [-0.15, -0.1) is 0 Å². The minimum Gasteiger partial charge on any atom is -0.464 e. The quantitative estimate of drug-likeness (QED) is 0.458. The number of furan rings is 1. The zero-order valence-electron chi connectivity index (χ0n) is 16.8. The molecule has 1 aromatic heterocycles. The first-order valence-electron chi connectivity index (χ1n) is 9.70. The van der Waals surface area contributed by atoms with Crippen LogP contribution >= 0.6 is 0 Å². The summed E-state index contributed by atoms with van der Waals surface area (Å²) in [6.07, 6.45) is 1.55. The number of anilines is 2. The summed E-state index contributed by atoms with van der Waals surface area (Å²) in [5.41, 5.74) is 2.56. The van der Waals surface area contributed by atoms with Gasteiger partial charge in [-0.05, 0) is 41.1 Å². The first-order valence-corrected chi connectivity index (χ1v) is 9.70. The molecule has 7 heteroatoms. The molecule has 31 heavy (non-hydrogen) atoms. The van der Waals surface area contributed by atoms with Crippen molar-refractivity contribution in [3.8, 4) is 0 Å². The molecule has 2 N–H and O–H groups in total. The second kappa shape index (κ2) is 8.71. The van der Waals surface area contributed by atoms with Gasteiger partial charge in [-0.2, -0.15) is 0 Å². The van der Waals surface area contributed by atoms with Crippen LogP contribution in [0.15, 0.2) is 71.3 Å². The van der Waals surface area contributed by atoms with Crippen molar-refractivity contribution in [1.82, 2.24) is 0 Å². The Morgan fingerprint density at radius 3 is 2.35 bits per heavy atom. The van der Waals surface area contributed by atoms with E-state index >= 15 is 0 Å². The summed E-state index contributed by atoms with van der Waals surface area (Å²) >= 11 is 0. The molecule has 0 aliphatic carbocycles. The first-order chi connectivity index (χ1) is 15.0. The number of benzene rings is 3. The van der Waals surface area contributed by atoms with Gasteiger partial charge in [0, 0.05) is 29.2 Å². The summed E-state index contributed by atoms with van der Waals surface area (Å²) in [4.78, 5) is 35.4. The number of hydrogen-bond donors (Lipinski definition) is 2. The SMILES string of the molecule is CC(=O)Nc1ccc(NC(=O)COC(=O)Cc2coc3ccc4ccccc4c23)cc1. The molecule has 156 valence electrons. The molecule has 0 aliphatic heterocycles. The highest BCUT2D eigenvalue weighted by atomic mass is 16.5. The average Bonchev–Trinajstić information content (AvgIpc) is 3.16. The highest BCUT2D eigenvalue weighted by molar-refractivity contribution is 6.08. The number of amides is 2. The first kappa shape index (κ1) is 20.2. The standard InChI is InChI=1S/C24H20N2O5/c1-15(27)25-18-7-9-19(10-8-18)26-22(28)14-31-23(29)12-17-13-30-21-11-6-16-4-2-3-5-20(16)24(17)21/h2-11,13H,12,14H2,1H3,(H,25,27)(H,26,28). The summed E-state index contributed by atoms with van der Waals surface area (Å²) in [6, 6.07) is 18.3. The zero-order valence-corrected chi connectivity index (χ0v) is 16.8. The molecule has 0 unspecified atom stereocenters. The fourth-order valence-electron chi connectivity index (χ4n) is 3.39. The van der Waals surface area contributed by atoms with Crippen molar-refractivity contribution in [2.24, 2.45) is 0 Å². The molecule has 4 rings (SSSR count). The summed E-state index contributed by atoms with van der Waals surface area (Å²) in [7, 11) is 0. The van der Waals surface area contributed by atoms with Crippen molar-refractivity contribution in [2.45, 2.75) is 13.3 Å². The van der Waals surface area contributed by atoms with Crippen LogP contribution < -0.4 is 10.6 Å². The van der Waals surface area contributed by atoms with E-state index in [0.29, 0.717) is 22.5 Å². The predicted octanol–water partition coefficient (Wildman–Crippen LogP) is 4.27. The summed E-state index contributed by atoms with van der Waals surface area (Å²) in [6.45, 7) is 1.02. The van der Waals surface area contributed by atoms with Crippen molar-refractivity contribution in [1.29, 1.82) is 0 Å². The van der Waals surface area contributed by atoms with Crippen LogP contribution in [0.4, 0.5) is 11.4 Å². The Bertz CT molecular complexity index is 1270. The second-order valence-corrected chi connectivity index (χ2v) is 7.06. The molecule has 0 bridgehead atoms. The monoisotopic (exact) mass is 416 g/mol. The van der Waals surface area contributed by atoms with Crippen molar-refractivity contribution in [2.75, 3.05) is 17.2 Å². The number of nitrogens with one attached hydrogen (secondary N) is 2. The Morgan fingerprint density at radius 2 is 1.61 bits per heavy atom. The number of hydrogen-bond acceptors (Lipinski definition) is 5. The molecule has 0 saturated carbocycles. The minimum absolute atomic E-state index is 0.000297. The molecule has 2 amide bonds. The lowest BCUT2D eigenvalue weighted by Crippen LogP contribution is -2.21. The van der Waals surface area contributed by atoms with Crippen molar-refractivity contribution in [3.63, 3.8) is 0 Å². The molecule has 0 fully saturated rings. The summed E-state index contributed by atoms with van der Waals surface area (Å²) in [5.74, 6) is -1.16. The molecular formula is C24H20N2O5. The largest absolute Gasteiger partial charge is 0.464 e. The van der Waals surface area contributed by atoms with E-state index in [-0.39, 0.29) is 12.3 Å². The van der Waals surface area contributed by atoms with Crippen LogP contribution in [0.2, 0.25) is 0 Å². The van der Waals surface area contributed by atoms with Gasteiger partial charge in [0.1, 0.15) is 5.58 Å². The molecule has 0 aliphatic rings. The predicted molar refractivity (Wildman–Crippen MR) is 118 cm³/mol. The lowest BCUT2D eigenvalue weighted by molar-refractivity contribution is -0.146. The minimum atomic E-state index is -0.521. The van der Waals surface area contributed by atoms with E-state index in [0.717, 1.165) is 16.2 Å². The van der Waals surface area contributed by atoms with Crippen molar-refractivity contribution < 1.29 is 23.5 Å². The van der Waals surface area contributed by atoms with Gasteiger partial charge in [0.15, 0.2) is 6.61 Å². The van der Waals surface area contributed by atoms with Crippen molar-refractivity contribution in [3.05, 3.63) is 72.5 Å². The molecule has 3 aromatic carbocycles. The highest BCUT2D eigenvalue weighted by Crippen LogP contribution is 2.30. The van der Waals surface area contributed by atoms with E-state index < -0.39 is 18.5 Å². The number of esters is 1. The Labute approximate surface area is 178 Å². The molecule has 1 heterocycles. The molecule has 7 nitrogen and oxygen atoms in total. The van der Waals surface area contributed by atoms with Crippen LogP contribution in [-0.4, -0.2) is 24.4 Å². The lowest BCUT2D eigenvalue weighted by Gasteiger charge is -2.08. The Kier molecular flexibility index (Phi) is 5.66. The third-order valence-electron chi connectivity index (χ3n) is 4.73. The van der Waals surface area contributed by atoms with Crippen LogP contribution in [0.1, 0.15) is 12.5 Å². The molecule has 0 radical (unpaired) electrons. The molecular weight excluding hydrogens is 396 g/mol. The van der Waals surface area contributed by atoms with Crippen molar-refractivity contribution >= 4 is 50.9 Å². The van der Waals surface area contributed by atoms with Crippen LogP contribution in [0.3, 0.4) is 0 Å². The number of carbonyl (C=O) groups is 3. The zero-order chi connectivity index (χ0) is 21.8. The summed E-state index contributed by atoms with van der Waals surface area (Å²) in [5, 5.41) is 8.21. The Balaban J connectivity index is 1.36. The van der Waals surface area contributed by atoms with Gasteiger partial charge in [-0.25, -0.2) is 0 Å². The van der Waals surface area contributed by atoms with E-state index in [1.165, 1.54) is 6.92 Å². The third-order valence-corrected chi connectivity index (χ3v) is 4.73. The number of fused-ring (bicyclic) bond motifs is 3. The maximum Gasteiger partial charge on any atom is 0.310 e.